The van der Waals surface area contributed by atoms with Crippen LogP contribution in [-0.4, -0.2) is 11.4 Å². The van der Waals surface area contributed by atoms with Crippen LogP contribution in [-0.2, 0) is 4.79 Å². The predicted molar refractivity (Wildman–Crippen MR) is 43.2 cm³/mol. The van der Waals surface area contributed by atoms with Crippen molar-refractivity contribution in [1.29, 1.82) is 0 Å². The van der Waals surface area contributed by atoms with E-state index in [-0.39, 0.29) is 23.7 Å². The molecule has 1 N–H and O–H groups in total. The zero-order chi connectivity index (χ0) is 10.7. The van der Waals surface area contributed by atoms with Crippen molar-refractivity contribution >= 4 is 12.3 Å². The van der Waals surface area contributed by atoms with Crippen molar-refractivity contribution in [1.82, 2.24) is 0 Å². The lowest BCUT2D eigenvalue weighted by Crippen LogP contribution is -1.70. The fourth-order valence-corrected chi connectivity index (χ4v) is 0.589. The molecule has 0 amide bonds. The largest absolute Gasteiger partial charge is 0.508 e. The van der Waals surface area contributed by atoms with Crippen LogP contribution in [0.25, 0.3) is 6.05 Å². The lowest BCUT2D eigenvalue weighted by Gasteiger charge is -1.91. The number of aldehydes is 1. The highest BCUT2D eigenvalue weighted by molar-refractivity contribution is 5.73. The Bertz CT molecular complexity index is 376. The Morgan fingerprint density at radius 3 is 2.73 bits per heavy atom. The first kappa shape index (κ1) is 4.34. The topological polar surface area (TPSA) is 37.3 Å². The van der Waals surface area contributed by atoms with Gasteiger partial charge in [-0.15, -0.1) is 0 Å². The number of hydrogen-bond donors (Lipinski definition) is 1. The second kappa shape index (κ2) is 3.56. The zero-order valence-corrected chi connectivity index (χ0v) is 5.66. The molecule has 0 atom stereocenters. The molecule has 0 fully saturated rings. The highest BCUT2D eigenvalue weighted by atomic mass is 16.3. The van der Waals surface area contributed by atoms with E-state index in [9.17, 15) is 4.79 Å². The third-order valence-electron chi connectivity index (χ3n) is 1.05. The van der Waals surface area contributed by atoms with Gasteiger partial charge in [0, 0.05) is 0 Å². The molecule has 0 aliphatic carbocycles. The van der Waals surface area contributed by atoms with Gasteiger partial charge in [0.1, 0.15) is 12.0 Å². The third-order valence-corrected chi connectivity index (χ3v) is 1.05. The summed E-state index contributed by atoms with van der Waals surface area (Å²) in [6.07, 6.45) is 1.48. The molecule has 0 spiro atoms. The van der Waals surface area contributed by atoms with Crippen molar-refractivity contribution in [2.24, 2.45) is 0 Å². The molecule has 0 bridgehead atoms. The molecular weight excluding hydrogens is 140 g/mol. The molecule has 0 unspecified atom stereocenters. The van der Waals surface area contributed by atoms with E-state index in [1.165, 1.54) is 12.1 Å². The number of allylic oxidation sites excluding steroid dienone is 1. The van der Waals surface area contributed by atoms with E-state index in [4.69, 9.17) is 9.22 Å². The van der Waals surface area contributed by atoms with Crippen molar-refractivity contribution in [3.05, 3.63) is 35.9 Å². The van der Waals surface area contributed by atoms with Crippen molar-refractivity contribution in [3.8, 4) is 5.75 Å². The van der Waals surface area contributed by atoms with Crippen LogP contribution in [0.1, 0.15) is 9.68 Å². The quantitative estimate of drug-likeness (QED) is 0.515. The number of rotatable bonds is 2. The maximum absolute atomic E-state index is 10.1. The van der Waals surface area contributed by atoms with Gasteiger partial charge >= 0.3 is 0 Å². The second-order valence-corrected chi connectivity index (χ2v) is 1.83. The average Bonchev–Trinajstić information content (AvgIpc) is 2.13. The summed E-state index contributed by atoms with van der Waals surface area (Å²) < 4.78 is 21.9. The van der Waals surface area contributed by atoms with Gasteiger partial charge in [0.2, 0.25) is 0 Å². The molecule has 0 radical (unpaired) electrons. The van der Waals surface area contributed by atoms with Crippen molar-refractivity contribution in [2.75, 3.05) is 0 Å². The monoisotopic (exact) mass is 151 g/mol. The SMILES string of the molecule is [2H]/C(=C\C=O)c1cc([2H])c(O)c([2H])c1. The minimum Gasteiger partial charge on any atom is -0.508 e. The molecular formula is C9H8O2. The van der Waals surface area contributed by atoms with Crippen LogP contribution in [0.15, 0.2) is 30.3 Å². The Hall–Kier alpha value is -1.57. The lowest BCUT2D eigenvalue weighted by atomic mass is 10.2. The molecule has 1 rings (SSSR count). The molecule has 0 aromatic heterocycles. The summed E-state index contributed by atoms with van der Waals surface area (Å²) in [5.74, 6) is -0.423. The number of phenols is 1. The highest BCUT2D eigenvalue weighted by Gasteiger charge is 1.85. The Kier molecular flexibility index (Phi) is 1.40. The van der Waals surface area contributed by atoms with Gasteiger partial charge in [-0.1, -0.05) is 18.2 Å². The first-order valence-electron chi connectivity index (χ1n) is 4.49. The number of carbonyl (C=O) groups excluding carboxylic acids is 1. The van der Waals surface area contributed by atoms with Crippen LogP contribution in [0.5, 0.6) is 5.75 Å². The van der Waals surface area contributed by atoms with Gasteiger partial charge in [0.15, 0.2) is 0 Å². The molecule has 0 heterocycles. The predicted octanol–water partition coefficient (Wildman–Crippen LogP) is 1.60. The summed E-state index contributed by atoms with van der Waals surface area (Å²) in [6, 6.07) is 1.93. The van der Waals surface area contributed by atoms with Gasteiger partial charge in [-0.05, 0) is 23.7 Å². The molecule has 2 heteroatoms. The van der Waals surface area contributed by atoms with Crippen molar-refractivity contribution < 1.29 is 14.0 Å². The van der Waals surface area contributed by atoms with Gasteiger partial charge in [0.05, 0.1) is 4.11 Å². The molecule has 0 aliphatic heterocycles. The van der Waals surface area contributed by atoms with E-state index in [1.54, 1.807) is 0 Å². The number of benzene rings is 1. The molecule has 1 aromatic carbocycles. The Labute approximate surface area is 69.0 Å². The Morgan fingerprint density at radius 2 is 2.18 bits per heavy atom. The first-order chi connectivity index (χ1) is 6.56. The van der Waals surface area contributed by atoms with Crippen LogP contribution < -0.4 is 0 Å². The van der Waals surface area contributed by atoms with Gasteiger partial charge in [-0.2, -0.15) is 0 Å². The van der Waals surface area contributed by atoms with Gasteiger partial charge in [-0.3, -0.25) is 4.79 Å². The van der Waals surface area contributed by atoms with Crippen LogP contribution in [0.2, 0.25) is 0 Å². The lowest BCUT2D eigenvalue weighted by molar-refractivity contribution is -0.104. The van der Waals surface area contributed by atoms with E-state index in [0.29, 0.717) is 6.29 Å². The summed E-state index contributed by atoms with van der Waals surface area (Å²) in [4.78, 5) is 10.1. The fourth-order valence-electron chi connectivity index (χ4n) is 0.589. The van der Waals surface area contributed by atoms with E-state index in [0.717, 1.165) is 6.08 Å². The van der Waals surface area contributed by atoms with Crippen molar-refractivity contribution in [2.45, 2.75) is 0 Å². The van der Waals surface area contributed by atoms with E-state index in [1.807, 2.05) is 0 Å². The second-order valence-electron chi connectivity index (χ2n) is 1.83. The van der Waals surface area contributed by atoms with Crippen LogP contribution >= 0.6 is 0 Å². The summed E-state index contributed by atoms with van der Waals surface area (Å²) in [5, 5.41) is 9.12. The molecule has 56 valence electrons. The minimum absolute atomic E-state index is 0.0815. The van der Waals surface area contributed by atoms with E-state index in [2.05, 4.69) is 0 Å². The van der Waals surface area contributed by atoms with Crippen LogP contribution in [0.3, 0.4) is 0 Å². The molecule has 2 nitrogen and oxygen atoms in total. The van der Waals surface area contributed by atoms with Gasteiger partial charge < -0.3 is 5.11 Å². The number of carbonyl (C=O) groups is 1. The Morgan fingerprint density at radius 1 is 1.55 bits per heavy atom. The van der Waals surface area contributed by atoms with Crippen LogP contribution in [0, 0.1) is 0 Å². The molecule has 0 aliphatic rings. The number of hydrogen-bond acceptors (Lipinski definition) is 2. The fraction of sp³-hybridized carbons (Fsp3) is 0. The highest BCUT2D eigenvalue weighted by Crippen LogP contribution is 2.10. The zero-order valence-electron chi connectivity index (χ0n) is 8.66. The molecule has 0 saturated carbocycles. The summed E-state index contributed by atoms with van der Waals surface area (Å²) in [7, 11) is 0. The average molecular weight is 151 g/mol. The summed E-state index contributed by atoms with van der Waals surface area (Å²) >= 11 is 0. The normalized spacial score (nSPS) is 14.9. The van der Waals surface area contributed by atoms with E-state index >= 15 is 0 Å². The van der Waals surface area contributed by atoms with Crippen molar-refractivity contribution in [3.63, 3.8) is 0 Å². The van der Waals surface area contributed by atoms with E-state index < -0.39 is 5.75 Å². The number of phenolic OH excluding ortho intramolecular Hbond substituents is 1. The third kappa shape index (κ3) is 2.26. The van der Waals surface area contributed by atoms with Crippen LogP contribution in [0.4, 0.5) is 0 Å². The minimum atomic E-state index is -0.423. The molecule has 0 saturated heterocycles. The van der Waals surface area contributed by atoms with Gasteiger partial charge in [-0.25, -0.2) is 0 Å². The summed E-state index contributed by atoms with van der Waals surface area (Å²) in [6.45, 7) is 0. The smallest absolute Gasteiger partial charge is 0.142 e. The Balaban J connectivity index is 3.25. The number of aromatic hydroxyl groups is 1. The maximum Gasteiger partial charge on any atom is 0.142 e. The molecule has 11 heavy (non-hydrogen) atoms. The first-order valence-corrected chi connectivity index (χ1v) is 2.99. The standard InChI is InChI=1S/C9H8O2/c10-7-1-2-8-3-5-9(11)6-4-8/h1-7,11H/b2-1+/i2D,5D,6D. The van der Waals surface area contributed by atoms with Gasteiger partial charge in [0.25, 0.3) is 0 Å². The molecule has 1 aromatic rings. The maximum atomic E-state index is 10.1. The summed E-state index contributed by atoms with van der Waals surface area (Å²) in [5.41, 5.74) is 0.268.